The van der Waals surface area contributed by atoms with Crippen molar-refractivity contribution in [2.45, 2.75) is 29.6 Å². The Morgan fingerprint density at radius 3 is 2.10 bits per heavy atom. The van der Waals surface area contributed by atoms with Crippen LogP contribution in [0.25, 0.3) is 0 Å². The first-order chi connectivity index (χ1) is 15.1. The van der Waals surface area contributed by atoms with Crippen LogP contribution in [0.4, 0.5) is 0 Å². The summed E-state index contributed by atoms with van der Waals surface area (Å²) in [5.74, 6) is -0.136. The summed E-state index contributed by atoms with van der Waals surface area (Å²) >= 11 is 0. The van der Waals surface area contributed by atoms with Crippen LogP contribution in [0.5, 0.6) is 0 Å². The molecule has 0 spiro atoms. The highest BCUT2D eigenvalue weighted by molar-refractivity contribution is 8.00. The zero-order valence-corrected chi connectivity index (χ0v) is 18.8. The largest absolute Gasteiger partial charge is 0.511 e. The van der Waals surface area contributed by atoms with Crippen LogP contribution in [0.3, 0.4) is 0 Å². The van der Waals surface area contributed by atoms with Gasteiger partial charge in [0.15, 0.2) is 14.7 Å². The molecule has 0 aromatic heterocycles. The predicted molar refractivity (Wildman–Crippen MR) is 128 cm³/mol. The van der Waals surface area contributed by atoms with E-state index in [4.69, 9.17) is 0 Å². The van der Waals surface area contributed by atoms with Crippen LogP contribution in [-0.2, 0) is 20.4 Å². The number of aliphatic hydroxyl groups is 1. The Bertz CT molecular complexity index is 935. The lowest BCUT2D eigenvalue weighted by Gasteiger charge is -2.13. The molecule has 0 amide bonds. The van der Waals surface area contributed by atoms with Gasteiger partial charge in [0.05, 0.1) is 18.0 Å². The summed E-state index contributed by atoms with van der Waals surface area (Å²) in [6.07, 6.45) is 13.8. The Morgan fingerprint density at radius 2 is 1.61 bits per heavy atom. The van der Waals surface area contributed by atoms with Gasteiger partial charge in [-0.25, -0.2) is 0 Å². The van der Waals surface area contributed by atoms with Gasteiger partial charge in [-0.05, 0) is 61.3 Å². The van der Waals surface area contributed by atoms with E-state index in [1.807, 2.05) is 6.08 Å². The van der Waals surface area contributed by atoms with Gasteiger partial charge in [0, 0.05) is 0 Å². The molecule has 2 unspecified atom stereocenters. The molecular weight excluding hydrogens is 404 g/mol. The number of rotatable bonds is 4. The monoisotopic (exact) mass is 433 g/mol. The molecule has 2 aliphatic rings. The molecule has 2 atom stereocenters. The van der Waals surface area contributed by atoms with E-state index in [-0.39, 0.29) is 22.6 Å². The maximum absolute atomic E-state index is 10.9. The topological polar surface area (TPSA) is 46.5 Å². The molecule has 4 rings (SSSR count). The zero-order valence-electron chi connectivity index (χ0n) is 18.0. The van der Waals surface area contributed by atoms with Gasteiger partial charge < -0.3 is 9.84 Å². The maximum atomic E-state index is 10.9. The van der Waals surface area contributed by atoms with Crippen molar-refractivity contribution in [3.63, 3.8) is 0 Å². The number of allylic oxidation sites excluding steroid dienone is 6. The number of ether oxygens (including phenoxy) is 1. The molecule has 0 bridgehead atoms. The zero-order chi connectivity index (χ0) is 22.1. The minimum atomic E-state index is -0.495. The summed E-state index contributed by atoms with van der Waals surface area (Å²) in [7, 11) is 1.34. The third-order valence-electron chi connectivity index (χ3n) is 5.09. The minimum Gasteiger partial charge on any atom is -0.511 e. The van der Waals surface area contributed by atoms with Gasteiger partial charge in [-0.1, -0.05) is 61.5 Å². The number of esters is 1. The van der Waals surface area contributed by atoms with Gasteiger partial charge in [-0.2, -0.15) is 0 Å². The van der Waals surface area contributed by atoms with E-state index in [1.54, 1.807) is 6.08 Å². The highest BCUT2D eigenvalue weighted by Gasteiger charge is 2.30. The number of carbonyl (C=O) groups excluding carboxylic acids is 1. The number of methoxy groups -OCH3 is 1. The molecule has 0 radical (unpaired) electrons. The number of hydrogen-bond acceptors (Lipinski definition) is 3. The standard InChI is InChI=1S/C19H19S.C8H10O3/c1-16-12-14-19(15-13-16)20(17-8-4-2-5-9-17)18-10-6-3-7-11-18;1-11-8(10)6-4-2-3-5-7(6)9/h2-12,14-16H,13H2,1H3;2-3,5-6,9H,4H2,1H3/q+1;. The second-order valence-corrected chi connectivity index (χ2v) is 9.47. The average Bonchev–Trinajstić information content (AvgIpc) is 2.82. The second kappa shape index (κ2) is 11.4. The van der Waals surface area contributed by atoms with Gasteiger partial charge >= 0.3 is 5.97 Å². The molecule has 0 heterocycles. The first-order valence-electron chi connectivity index (χ1n) is 10.5. The summed E-state index contributed by atoms with van der Waals surface area (Å²) in [6.45, 7) is 2.27. The van der Waals surface area contributed by atoms with Crippen molar-refractivity contribution < 1.29 is 14.6 Å². The van der Waals surface area contributed by atoms with E-state index in [1.165, 1.54) is 27.9 Å². The Kier molecular flexibility index (Phi) is 8.36. The van der Waals surface area contributed by atoms with Crippen LogP contribution >= 0.6 is 0 Å². The van der Waals surface area contributed by atoms with Gasteiger partial charge in [0.1, 0.15) is 11.7 Å². The highest BCUT2D eigenvalue weighted by atomic mass is 32.2. The fourth-order valence-corrected chi connectivity index (χ4v) is 5.51. The first kappa shape index (κ1) is 22.7. The van der Waals surface area contributed by atoms with Crippen molar-refractivity contribution in [2.75, 3.05) is 7.11 Å². The van der Waals surface area contributed by atoms with Crippen molar-refractivity contribution in [1.29, 1.82) is 0 Å². The predicted octanol–water partition coefficient (Wildman–Crippen LogP) is 6.38. The lowest BCUT2D eigenvalue weighted by atomic mass is 9.99. The molecule has 0 saturated carbocycles. The van der Waals surface area contributed by atoms with E-state index in [0.717, 1.165) is 6.42 Å². The molecule has 31 heavy (non-hydrogen) atoms. The van der Waals surface area contributed by atoms with Crippen LogP contribution in [-0.4, -0.2) is 18.2 Å². The molecule has 0 fully saturated rings. The van der Waals surface area contributed by atoms with E-state index in [9.17, 15) is 9.90 Å². The number of carbonyl (C=O) groups is 1. The Labute approximate surface area is 187 Å². The van der Waals surface area contributed by atoms with Gasteiger partial charge in [0.2, 0.25) is 0 Å². The van der Waals surface area contributed by atoms with Crippen molar-refractivity contribution in [3.8, 4) is 0 Å². The van der Waals surface area contributed by atoms with E-state index in [2.05, 4.69) is 90.6 Å². The molecule has 2 aliphatic carbocycles. The third-order valence-corrected chi connectivity index (χ3v) is 7.35. The molecule has 4 heteroatoms. The molecule has 2 aromatic carbocycles. The van der Waals surface area contributed by atoms with Crippen molar-refractivity contribution in [1.82, 2.24) is 0 Å². The lowest BCUT2D eigenvalue weighted by Crippen LogP contribution is -2.18. The molecule has 3 nitrogen and oxygen atoms in total. The average molecular weight is 434 g/mol. The van der Waals surface area contributed by atoms with Gasteiger partial charge in [-0.15, -0.1) is 0 Å². The summed E-state index contributed by atoms with van der Waals surface area (Å²) in [5.41, 5.74) is 0. The molecule has 0 aliphatic heterocycles. The van der Waals surface area contributed by atoms with Crippen LogP contribution in [0.1, 0.15) is 19.8 Å². The molecule has 0 saturated heterocycles. The molecule has 160 valence electrons. The maximum Gasteiger partial charge on any atom is 0.316 e. The SMILES string of the molecule is CC1C=CC([S+](c2ccccc2)c2ccccc2)=CC1.COC(=O)C1CC=CC=C1O. The summed E-state index contributed by atoms with van der Waals surface area (Å²) in [6, 6.07) is 21.7. The van der Waals surface area contributed by atoms with Crippen LogP contribution in [0, 0.1) is 11.8 Å². The summed E-state index contributed by atoms with van der Waals surface area (Å²) in [4.78, 5) is 15.2. The third kappa shape index (κ3) is 6.25. The molecule has 1 N–H and O–H groups in total. The fourth-order valence-electron chi connectivity index (χ4n) is 3.36. The van der Waals surface area contributed by atoms with E-state index < -0.39 is 5.92 Å². The smallest absolute Gasteiger partial charge is 0.316 e. The molecular formula is C27H29O3S+. The van der Waals surface area contributed by atoms with Crippen molar-refractivity contribution in [2.24, 2.45) is 11.8 Å². The summed E-state index contributed by atoms with van der Waals surface area (Å²) < 4.78 is 4.49. The Balaban J connectivity index is 0.000000210. The fraction of sp³-hybridized carbons (Fsp3) is 0.222. The number of benzene rings is 2. The van der Waals surface area contributed by atoms with Crippen LogP contribution in [0.2, 0.25) is 0 Å². The van der Waals surface area contributed by atoms with E-state index >= 15 is 0 Å². The number of aliphatic hydroxyl groups excluding tert-OH is 1. The Hall–Kier alpha value is -2.98. The Morgan fingerprint density at radius 1 is 1.00 bits per heavy atom. The van der Waals surface area contributed by atoms with Crippen LogP contribution < -0.4 is 0 Å². The molecule has 2 aromatic rings. The highest BCUT2D eigenvalue weighted by Crippen LogP contribution is 2.33. The quantitative estimate of drug-likeness (QED) is 0.449. The first-order valence-corrected chi connectivity index (χ1v) is 11.7. The van der Waals surface area contributed by atoms with Crippen LogP contribution in [0.15, 0.2) is 118 Å². The van der Waals surface area contributed by atoms with Crippen molar-refractivity contribution in [3.05, 3.63) is 108 Å². The number of hydrogen-bond donors (Lipinski definition) is 1. The second-order valence-electron chi connectivity index (χ2n) is 7.44. The lowest BCUT2D eigenvalue weighted by molar-refractivity contribution is -0.144. The minimum absolute atomic E-state index is 0.0217. The summed E-state index contributed by atoms with van der Waals surface area (Å²) in [5, 5.41) is 9.18. The van der Waals surface area contributed by atoms with E-state index in [0.29, 0.717) is 12.3 Å². The van der Waals surface area contributed by atoms with Gasteiger partial charge in [0.25, 0.3) is 0 Å². The van der Waals surface area contributed by atoms with Gasteiger partial charge in [-0.3, -0.25) is 4.79 Å². The van der Waals surface area contributed by atoms with Crippen molar-refractivity contribution >= 4 is 16.9 Å². The normalized spacial score (nSPS) is 19.7.